The molecular weight excluding hydrogens is 452 g/mol. The molecule has 2 aromatic heterocycles. The molecule has 0 radical (unpaired) electrons. The summed E-state index contributed by atoms with van der Waals surface area (Å²) in [5.41, 5.74) is 3.81. The van der Waals surface area contributed by atoms with Crippen LogP contribution < -0.4 is 0 Å². The van der Waals surface area contributed by atoms with Crippen LogP contribution in [0.2, 0.25) is 0 Å². The predicted octanol–water partition coefficient (Wildman–Crippen LogP) is 3.39. The Hall–Kier alpha value is -4.34. The highest BCUT2D eigenvalue weighted by Crippen LogP contribution is 2.31. The Balaban J connectivity index is 1.89. The number of H-pyrrole nitrogens is 2. The summed E-state index contributed by atoms with van der Waals surface area (Å²) in [4.78, 5) is 30.6. The molecule has 3 aromatic rings. The number of aromatic amines is 2. The highest BCUT2D eigenvalue weighted by molar-refractivity contribution is 6.37. The summed E-state index contributed by atoms with van der Waals surface area (Å²) in [5.74, 6) is -1.58. The van der Waals surface area contributed by atoms with E-state index in [1.165, 1.54) is 0 Å². The summed E-state index contributed by atoms with van der Waals surface area (Å²) < 4.78 is 9.85. The summed E-state index contributed by atoms with van der Waals surface area (Å²) in [6.07, 6.45) is 0.144. The number of aromatic nitrogens is 2. The first-order chi connectivity index (χ1) is 17.0. The van der Waals surface area contributed by atoms with Gasteiger partial charge in [0.1, 0.15) is 0 Å². The van der Waals surface area contributed by atoms with Crippen LogP contribution in [0.1, 0.15) is 48.1 Å². The van der Waals surface area contributed by atoms with Crippen LogP contribution in [-0.4, -0.2) is 57.0 Å². The fourth-order valence-electron chi connectivity index (χ4n) is 3.72. The molecule has 184 valence electrons. The smallest absolute Gasteiger partial charge is 0.356 e. The Morgan fingerprint density at radius 3 is 1.63 bits per heavy atom. The first-order valence-corrected chi connectivity index (χ1v) is 11.2. The van der Waals surface area contributed by atoms with Gasteiger partial charge >= 0.3 is 11.9 Å². The SMILES string of the molecule is CCOC(=O)/C(Cc1ccc(C(c2ccccc2)c2ccc(C/C(=N\O)C(=O)OCC)[nH]2)[nH]1)=N\O. The number of rotatable bonds is 11. The van der Waals surface area contributed by atoms with Crippen molar-refractivity contribution < 1.29 is 29.5 Å². The summed E-state index contributed by atoms with van der Waals surface area (Å²) in [6, 6.07) is 17.2. The van der Waals surface area contributed by atoms with Crippen LogP contribution in [0.25, 0.3) is 0 Å². The summed E-state index contributed by atoms with van der Waals surface area (Å²) >= 11 is 0. The largest absolute Gasteiger partial charge is 0.461 e. The van der Waals surface area contributed by atoms with Crippen LogP contribution >= 0.6 is 0 Å². The predicted molar refractivity (Wildman–Crippen MR) is 128 cm³/mol. The van der Waals surface area contributed by atoms with Gasteiger partial charge in [0.2, 0.25) is 0 Å². The lowest BCUT2D eigenvalue weighted by Crippen LogP contribution is -2.20. The van der Waals surface area contributed by atoms with Gasteiger partial charge in [-0.25, -0.2) is 9.59 Å². The topological polar surface area (TPSA) is 149 Å². The number of oxime groups is 2. The van der Waals surface area contributed by atoms with Gasteiger partial charge in [0.25, 0.3) is 0 Å². The highest BCUT2D eigenvalue weighted by atomic mass is 16.5. The van der Waals surface area contributed by atoms with E-state index in [1.807, 2.05) is 54.6 Å². The Morgan fingerprint density at radius 1 is 0.771 bits per heavy atom. The van der Waals surface area contributed by atoms with Crippen LogP contribution in [-0.2, 0) is 31.9 Å². The lowest BCUT2D eigenvalue weighted by atomic mass is 9.93. The molecule has 0 aliphatic rings. The fraction of sp³-hybridized carbons (Fsp3) is 0.280. The molecule has 0 fully saturated rings. The monoisotopic (exact) mass is 480 g/mol. The number of carbonyl (C=O) groups excluding carboxylic acids is 2. The average Bonchev–Trinajstić information content (AvgIpc) is 3.52. The Kier molecular flexibility index (Phi) is 8.82. The zero-order valence-electron chi connectivity index (χ0n) is 19.5. The van der Waals surface area contributed by atoms with E-state index in [-0.39, 0.29) is 43.4 Å². The van der Waals surface area contributed by atoms with Crippen molar-refractivity contribution in [1.29, 1.82) is 0 Å². The molecule has 0 saturated heterocycles. The fourth-order valence-corrected chi connectivity index (χ4v) is 3.72. The highest BCUT2D eigenvalue weighted by Gasteiger charge is 2.23. The van der Waals surface area contributed by atoms with E-state index in [0.717, 1.165) is 17.0 Å². The second kappa shape index (κ2) is 12.2. The zero-order valence-corrected chi connectivity index (χ0v) is 19.5. The van der Waals surface area contributed by atoms with Crippen molar-refractivity contribution >= 4 is 23.4 Å². The Morgan fingerprint density at radius 2 is 1.23 bits per heavy atom. The lowest BCUT2D eigenvalue weighted by molar-refractivity contribution is -0.136. The molecule has 0 aliphatic heterocycles. The minimum absolute atomic E-state index is 0.0721. The van der Waals surface area contributed by atoms with E-state index < -0.39 is 11.9 Å². The Labute approximate surface area is 202 Å². The molecule has 35 heavy (non-hydrogen) atoms. The lowest BCUT2D eigenvalue weighted by Gasteiger charge is -2.16. The van der Waals surface area contributed by atoms with Crippen LogP contribution in [0.5, 0.6) is 0 Å². The number of benzene rings is 1. The van der Waals surface area contributed by atoms with Gasteiger partial charge in [-0.2, -0.15) is 0 Å². The van der Waals surface area contributed by atoms with E-state index in [4.69, 9.17) is 9.47 Å². The van der Waals surface area contributed by atoms with Gasteiger partial charge in [-0.1, -0.05) is 40.6 Å². The standard InChI is InChI=1S/C25H28N4O6/c1-3-34-24(30)21(28-32)14-17-10-12-19(26-17)23(16-8-6-5-7-9-16)20-13-11-18(27-20)15-22(29-33)25(31)35-4-2/h5-13,23,26-27,32-33H,3-4,14-15H2,1-2H3/b28-21-,29-22+. The molecule has 0 bridgehead atoms. The molecule has 2 heterocycles. The molecule has 0 spiro atoms. The van der Waals surface area contributed by atoms with E-state index in [0.29, 0.717) is 11.4 Å². The molecule has 0 amide bonds. The molecule has 10 heteroatoms. The van der Waals surface area contributed by atoms with Crippen molar-refractivity contribution in [3.8, 4) is 0 Å². The van der Waals surface area contributed by atoms with Crippen molar-refractivity contribution in [3.05, 3.63) is 82.9 Å². The third-order valence-electron chi connectivity index (χ3n) is 5.27. The number of ether oxygens (including phenoxy) is 2. The summed E-state index contributed by atoms with van der Waals surface area (Å²) in [7, 11) is 0. The van der Waals surface area contributed by atoms with Gasteiger partial charge < -0.3 is 29.9 Å². The molecule has 10 nitrogen and oxygen atoms in total. The first kappa shape index (κ1) is 25.3. The Bertz CT molecular complexity index is 1120. The molecule has 1 atom stereocenters. The average molecular weight is 481 g/mol. The van der Waals surface area contributed by atoms with Crippen molar-refractivity contribution in [2.45, 2.75) is 32.6 Å². The van der Waals surface area contributed by atoms with Crippen molar-refractivity contribution in [3.63, 3.8) is 0 Å². The van der Waals surface area contributed by atoms with Crippen LogP contribution in [0.3, 0.4) is 0 Å². The van der Waals surface area contributed by atoms with Crippen LogP contribution in [0, 0.1) is 0 Å². The molecular formula is C25H28N4O6. The van der Waals surface area contributed by atoms with Gasteiger partial charge in [0.15, 0.2) is 11.4 Å². The maximum absolute atomic E-state index is 12.0. The third-order valence-corrected chi connectivity index (χ3v) is 5.27. The molecule has 1 aromatic carbocycles. The van der Waals surface area contributed by atoms with Gasteiger partial charge in [-0.05, 0) is 43.7 Å². The third kappa shape index (κ3) is 6.38. The quantitative estimate of drug-likeness (QED) is 0.143. The van der Waals surface area contributed by atoms with E-state index >= 15 is 0 Å². The minimum atomic E-state index is -0.678. The summed E-state index contributed by atoms with van der Waals surface area (Å²) in [5, 5.41) is 24.6. The summed E-state index contributed by atoms with van der Waals surface area (Å²) in [6.45, 7) is 3.71. The second-order valence-corrected chi connectivity index (χ2v) is 7.61. The molecule has 0 aliphatic carbocycles. The number of carbonyl (C=O) groups is 2. The van der Waals surface area contributed by atoms with Gasteiger partial charge in [-0.15, -0.1) is 0 Å². The van der Waals surface area contributed by atoms with Crippen molar-refractivity contribution in [2.75, 3.05) is 13.2 Å². The van der Waals surface area contributed by atoms with Gasteiger partial charge in [0.05, 0.1) is 19.1 Å². The van der Waals surface area contributed by atoms with Gasteiger partial charge in [-0.3, -0.25) is 0 Å². The molecule has 0 saturated carbocycles. The normalized spacial score (nSPS) is 12.9. The van der Waals surface area contributed by atoms with E-state index in [1.54, 1.807) is 13.8 Å². The minimum Gasteiger partial charge on any atom is -0.461 e. The number of nitrogens with one attached hydrogen (secondary N) is 2. The van der Waals surface area contributed by atoms with Gasteiger partial charge in [0, 0.05) is 35.6 Å². The van der Waals surface area contributed by atoms with Crippen molar-refractivity contribution in [2.24, 2.45) is 10.3 Å². The number of esters is 2. The zero-order chi connectivity index (χ0) is 25.2. The molecule has 1 unspecified atom stereocenters. The maximum Gasteiger partial charge on any atom is 0.356 e. The number of hydrogen-bond donors (Lipinski definition) is 4. The van der Waals surface area contributed by atoms with E-state index in [9.17, 15) is 20.0 Å². The molecule has 4 N–H and O–H groups in total. The van der Waals surface area contributed by atoms with Crippen LogP contribution in [0.15, 0.2) is 64.9 Å². The molecule has 3 rings (SSSR count). The van der Waals surface area contributed by atoms with Crippen LogP contribution in [0.4, 0.5) is 0 Å². The van der Waals surface area contributed by atoms with Crippen molar-refractivity contribution in [1.82, 2.24) is 9.97 Å². The first-order valence-electron chi connectivity index (χ1n) is 11.2. The number of nitrogens with zero attached hydrogens (tertiary/aromatic N) is 2. The number of hydrogen-bond acceptors (Lipinski definition) is 8. The maximum atomic E-state index is 12.0. The van der Waals surface area contributed by atoms with E-state index in [2.05, 4.69) is 20.3 Å². The second-order valence-electron chi connectivity index (χ2n) is 7.61.